The van der Waals surface area contributed by atoms with E-state index in [1.807, 2.05) is 42.6 Å². The fourth-order valence-corrected chi connectivity index (χ4v) is 2.84. The fraction of sp³-hybridized carbons (Fsp3) is 0.286. The van der Waals surface area contributed by atoms with Crippen LogP contribution in [0, 0.1) is 0 Å². The average molecular weight is 295 g/mol. The topological polar surface area (TPSA) is 33.2 Å². The van der Waals surface area contributed by atoms with E-state index in [9.17, 15) is 4.79 Å². The molecule has 1 aromatic heterocycles. The maximum absolute atomic E-state index is 12.3. The third kappa shape index (κ3) is 3.55. The van der Waals surface area contributed by atoms with Gasteiger partial charge in [0, 0.05) is 17.6 Å². The Kier molecular flexibility index (Phi) is 4.93. The minimum Gasteiger partial charge on any atom is -0.312 e. The van der Waals surface area contributed by atoms with Crippen LogP contribution in [0.2, 0.25) is 0 Å². The number of halogens is 1. The first-order valence-corrected chi connectivity index (χ1v) is 7.50. The predicted octanol–water partition coefficient (Wildman–Crippen LogP) is 3.48. The first-order valence-electron chi connectivity index (χ1n) is 6.09. The number of aromatic nitrogens is 1. The summed E-state index contributed by atoms with van der Waals surface area (Å²) in [6, 6.07) is 9.68. The van der Waals surface area contributed by atoms with E-state index in [0.717, 1.165) is 16.4 Å². The molecule has 3 nitrogen and oxygen atoms in total. The third-order valence-corrected chi connectivity index (χ3v) is 3.90. The van der Waals surface area contributed by atoms with Gasteiger partial charge in [0.1, 0.15) is 5.01 Å². The number of alkyl halides is 1. The van der Waals surface area contributed by atoms with Crippen LogP contribution in [0.1, 0.15) is 17.6 Å². The second-order valence-corrected chi connectivity index (χ2v) is 5.23. The Balaban J connectivity index is 2.09. The van der Waals surface area contributed by atoms with Gasteiger partial charge in [0.15, 0.2) is 0 Å². The molecule has 1 aromatic carbocycles. The molecule has 0 bridgehead atoms. The second kappa shape index (κ2) is 6.68. The molecule has 0 saturated heterocycles. The van der Waals surface area contributed by atoms with Gasteiger partial charge in [-0.25, -0.2) is 4.98 Å². The quantitative estimate of drug-likeness (QED) is 0.791. The highest BCUT2D eigenvalue weighted by Gasteiger charge is 2.15. The van der Waals surface area contributed by atoms with Crippen molar-refractivity contribution in [2.45, 2.75) is 19.2 Å². The lowest BCUT2D eigenvalue weighted by atomic mass is 10.2. The first-order chi connectivity index (χ1) is 9.24. The Morgan fingerprint density at radius 2 is 2.11 bits per heavy atom. The largest absolute Gasteiger partial charge is 0.312 e. The van der Waals surface area contributed by atoms with Crippen molar-refractivity contribution in [3.63, 3.8) is 0 Å². The summed E-state index contributed by atoms with van der Waals surface area (Å²) in [5, 5.41) is 2.71. The van der Waals surface area contributed by atoms with E-state index in [1.54, 1.807) is 4.90 Å². The van der Waals surface area contributed by atoms with Crippen LogP contribution in [0.5, 0.6) is 0 Å². The van der Waals surface area contributed by atoms with Crippen molar-refractivity contribution < 1.29 is 4.79 Å². The van der Waals surface area contributed by atoms with Crippen molar-refractivity contribution in [1.82, 2.24) is 4.98 Å². The average Bonchev–Trinajstić information content (AvgIpc) is 2.88. The zero-order valence-corrected chi connectivity index (χ0v) is 12.2. The van der Waals surface area contributed by atoms with Gasteiger partial charge < -0.3 is 4.90 Å². The van der Waals surface area contributed by atoms with E-state index in [0.29, 0.717) is 18.8 Å². The Hall–Kier alpha value is -1.39. The Morgan fingerprint density at radius 3 is 2.68 bits per heavy atom. The molecule has 0 aliphatic carbocycles. The maximum Gasteiger partial charge on any atom is 0.233 e. The van der Waals surface area contributed by atoms with Crippen molar-refractivity contribution in [3.05, 3.63) is 46.4 Å². The van der Waals surface area contributed by atoms with Crippen molar-refractivity contribution in [2.75, 3.05) is 11.4 Å². The smallest absolute Gasteiger partial charge is 0.233 e. The molecule has 1 amide bonds. The number of carbonyl (C=O) groups excluding carboxylic acids is 1. The van der Waals surface area contributed by atoms with Gasteiger partial charge in [0.25, 0.3) is 0 Å². The van der Waals surface area contributed by atoms with Crippen LogP contribution in [-0.4, -0.2) is 17.4 Å². The van der Waals surface area contributed by atoms with Gasteiger partial charge in [-0.15, -0.1) is 22.9 Å². The summed E-state index contributed by atoms with van der Waals surface area (Å²) in [5.74, 6) is 0.449. The number of benzene rings is 1. The molecule has 5 heteroatoms. The molecule has 0 radical (unpaired) electrons. The van der Waals surface area contributed by atoms with Gasteiger partial charge in [-0.2, -0.15) is 0 Å². The molecule has 0 N–H and O–H groups in total. The van der Waals surface area contributed by atoms with Crippen molar-refractivity contribution in [2.24, 2.45) is 0 Å². The van der Waals surface area contributed by atoms with Gasteiger partial charge in [-0.3, -0.25) is 4.79 Å². The SMILES string of the molecule is CCN(C(=O)Cc1nc(CCl)cs1)c1ccccc1. The third-order valence-electron chi connectivity index (χ3n) is 2.72. The monoisotopic (exact) mass is 294 g/mol. The van der Waals surface area contributed by atoms with Crippen LogP contribution in [-0.2, 0) is 17.1 Å². The molecule has 100 valence electrons. The molecule has 0 unspecified atom stereocenters. The van der Waals surface area contributed by atoms with Crippen LogP contribution in [0.4, 0.5) is 5.69 Å². The van der Waals surface area contributed by atoms with E-state index in [2.05, 4.69) is 4.98 Å². The van der Waals surface area contributed by atoms with Gasteiger partial charge in [0.05, 0.1) is 18.0 Å². The summed E-state index contributed by atoms with van der Waals surface area (Å²) in [4.78, 5) is 18.4. The molecule has 0 atom stereocenters. The zero-order chi connectivity index (χ0) is 13.7. The van der Waals surface area contributed by atoms with Gasteiger partial charge in [-0.1, -0.05) is 18.2 Å². The highest BCUT2D eigenvalue weighted by atomic mass is 35.5. The Morgan fingerprint density at radius 1 is 1.37 bits per heavy atom. The van der Waals surface area contributed by atoms with Crippen molar-refractivity contribution in [3.8, 4) is 0 Å². The normalized spacial score (nSPS) is 10.4. The summed E-state index contributed by atoms with van der Waals surface area (Å²) in [6.07, 6.45) is 0.324. The summed E-state index contributed by atoms with van der Waals surface area (Å²) >= 11 is 7.19. The predicted molar refractivity (Wildman–Crippen MR) is 79.8 cm³/mol. The van der Waals surface area contributed by atoms with E-state index < -0.39 is 0 Å². The second-order valence-electron chi connectivity index (χ2n) is 4.02. The highest BCUT2D eigenvalue weighted by Crippen LogP contribution is 2.17. The van der Waals surface area contributed by atoms with Crippen LogP contribution < -0.4 is 4.90 Å². The summed E-state index contributed by atoms with van der Waals surface area (Å²) in [5.41, 5.74) is 1.75. The first kappa shape index (κ1) is 14.0. The number of nitrogens with zero attached hydrogens (tertiary/aromatic N) is 2. The fourth-order valence-electron chi connectivity index (χ4n) is 1.83. The summed E-state index contributed by atoms with van der Waals surface area (Å²) in [6.45, 7) is 2.62. The molecule has 0 saturated carbocycles. The number of thiazole rings is 1. The molecule has 0 fully saturated rings. The van der Waals surface area contributed by atoms with Crippen LogP contribution in [0.15, 0.2) is 35.7 Å². The Labute approximate surface area is 121 Å². The minimum atomic E-state index is 0.0594. The number of amides is 1. The van der Waals surface area contributed by atoms with Crippen molar-refractivity contribution in [1.29, 1.82) is 0 Å². The number of hydrogen-bond acceptors (Lipinski definition) is 3. The number of anilines is 1. The van der Waals surface area contributed by atoms with E-state index >= 15 is 0 Å². The summed E-state index contributed by atoms with van der Waals surface area (Å²) in [7, 11) is 0. The molecule has 0 aliphatic heterocycles. The van der Waals surface area contributed by atoms with Gasteiger partial charge in [-0.05, 0) is 19.1 Å². The molecule has 0 spiro atoms. The number of carbonyl (C=O) groups is 1. The zero-order valence-electron chi connectivity index (χ0n) is 10.7. The van der Waals surface area contributed by atoms with Gasteiger partial charge in [0.2, 0.25) is 5.91 Å². The lowest BCUT2D eigenvalue weighted by molar-refractivity contribution is -0.117. The van der Waals surface area contributed by atoms with Crippen molar-refractivity contribution >= 4 is 34.5 Å². The number of para-hydroxylation sites is 1. The molecular formula is C14H15ClN2OS. The molecular weight excluding hydrogens is 280 g/mol. The van der Waals surface area contributed by atoms with Gasteiger partial charge >= 0.3 is 0 Å². The molecule has 1 heterocycles. The van der Waals surface area contributed by atoms with Crippen LogP contribution in [0.3, 0.4) is 0 Å². The Bertz CT molecular complexity index is 541. The lowest BCUT2D eigenvalue weighted by Crippen LogP contribution is -2.31. The molecule has 19 heavy (non-hydrogen) atoms. The maximum atomic E-state index is 12.3. The van der Waals surface area contributed by atoms with Crippen LogP contribution in [0.25, 0.3) is 0 Å². The molecule has 0 aliphatic rings. The molecule has 2 aromatic rings. The number of hydrogen-bond donors (Lipinski definition) is 0. The number of rotatable bonds is 5. The van der Waals surface area contributed by atoms with E-state index in [1.165, 1.54) is 11.3 Å². The number of likely N-dealkylation sites (N-methyl/N-ethyl adjacent to an activating group) is 1. The highest BCUT2D eigenvalue weighted by molar-refractivity contribution is 7.09. The summed E-state index contributed by atoms with van der Waals surface area (Å²) < 4.78 is 0. The lowest BCUT2D eigenvalue weighted by Gasteiger charge is -2.20. The van der Waals surface area contributed by atoms with Crippen LogP contribution >= 0.6 is 22.9 Å². The molecule has 2 rings (SSSR count). The van der Waals surface area contributed by atoms with E-state index in [-0.39, 0.29) is 5.91 Å². The minimum absolute atomic E-state index is 0.0594. The van der Waals surface area contributed by atoms with E-state index in [4.69, 9.17) is 11.6 Å². The standard InChI is InChI=1S/C14H15ClN2OS/c1-2-17(12-6-4-3-5-7-12)14(18)8-13-16-11(9-15)10-19-13/h3-7,10H,2,8-9H2,1H3.